The Kier molecular flexibility index (Phi) is 4.70. The summed E-state index contributed by atoms with van der Waals surface area (Å²) in [5.41, 5.74) is 21.9. The summed E-state index contributed by atoms with van der Waals surface area (Å²) in [6, 6.07) is 46.5. The van der Waals surface area contributed by atoms with Crippen LogP contribution in [0, 0.1) is 0 Å². The fourth-order valence-corrected chi connectivity index (χ4v) is 9.95. The smallest absolute Gasteiger partial charge is 0.0854 e. The molecular formula is C46H30N2. The van der Waals surface area contributed by atoms with Gasteiger partial charge >= 0.3 is 0 Å². The number of rotatable bonds is 0. The molecule has 0 spiro atoms. The van der Waals surface area contributed by atoms with Crippen molar-refractivity contribution < 1.29 is 0 Å². The topological polar surface area (TPSA) is 6.48 Å². The molecule has 0 bridgehead atoms. The van der Waals surface area contributed by atoms with Gasteiger partial charge < -0.3 is 9.80 Å². The second-order valence-electron chi connectivity index (χ2n) is 13.8. The van der Waals surface area contributed by atoms with Crippen LogP contribution in [-0.4, -0.2) is 0 Å². The zero-order chi connectivity index (χ0) is 31.1. The first-order chi connectivity index (χ1) is 23.9. The van der Waals surface area contributed by atoms with Crippen molar-refractivity contribution in [3.05, 3.63) is 190 Å². The van der Waals surface area contributed by atoms with Crippen molar-refractivity contribution in [2.24, 2.45) is 0 Å². The fourth-order valence-electron chi connectivity index (χ4n) is 9.95. The molecule has 0 radical (unpaired) electrons. The minimum atomic E-state index is 0.161. The first-order valence-corrected chi connectivity index (χ1v) is 17.2. The van der Waals surface area contributed by atoms with E-state index in [4.69, 9.17) is 0 Å². The highest BCUT2D eigenvalue weighted by atomic mass is 15.2. The predicted molar refractivity (Wildman–Crippen MR) is 198 cm³/mol. The van der Waals surface area contributed by atoms with Gasteiger partial charge in [0.05, 0.1) is 23.5 Å². The Hall–Kier alpha value is -5.86. The summed E-state index contributed by atoms with van der Waals surface area (Å²) in [5.74, 6) is 0. The molecule has 4 heterocycles. The second kappa shape index (κ2) is 8.93. The molecule has 2 heteroatoms. The quantitative estimate of drug-likeness (QED) is 0.169. The van der Waals surface area contributed by atoms with Crippen LogP contribution < -0.4 is 9.80 Å². The van der Waals surface area contributed by atoms with Gasteiger partial charge in [0, 0.05) is 46.5 Å². The molecule has 48 heavy (non-hydrogen) atoms. The average Bonchev–Trinajstić information content (AvgIpc) is 3.85. The van der Waals surface area contributed by atoms with E-state index in [1.165, 1.54) is 100 Å². The summed E-state index contributed by atoms with van der Waals surface area (Å²) >= 11 is 0. The minimum absolute atomic E-state index is 0.161. The Labute approximate surface area is 279 Å². The van der Waals surface area contributed by atoms with Gasteiger partial charge in [-0.15, -0.1) is 0 Å². The Bertz CT molecular complexity index is 2410. The third-order valence-corrected chi connectivity index (χ3v) is 11.7. The highest BCUT2D eigenvalue weighted by Gasteiger charge is 2.43. The number of anilines is 2. The largest absolute Gasteiger partial charge is 0.332 e. The van der Waals surface area contributed by atoms with Gasteiger partial charge in [-0.05, 0) is 67.4 Å². The molecule has 0 aromatic heterocycles. The van der Waals surface area contributed by atoms with Crippen molar-refractivity contribution in [2.45, 2.75) is 24.9 Å². The van der Waals surface area contributed by atoms with E-state index in [2.05, 4.69) is 155 Å². The lowest BCUT2D eigenvalue weighted by atomic mass is 9.76. The molecule has 12 rings (SSSR count). The first-order valence-electron chi connectivity index (χ1n) is 17.2. The van der Waals surface area contributed by atoms with Gasteiger partial charge in [-0.1, -0.05) is 133 Å². The van der Waals surface area contributed by atoms with Gasteiger partial charge in [-0.25, -0.2) is 0 Å². The second-order valence-corrected chi connectivity index (χ2v) is 13.8. The van der Waals surface area contributed by atoms with E-state index in [0.717, 1.165) is 12.8 Å². The van der Waals surface area contributed by atoms with E-state index in [1.807, 2.05) is 0 Å². The van der Waals surface area contributed by atoms with Gasteiger partial charge in [-0.2, -0.15) is 0 Å². The van der Waals surface area contributed by atoms with Crippen molar-refractivity contribution >= 4 is 33.3 Å². The van der Waals surface area contributed by atoms with Gasteiger partial charge in [0.2, 0.25) is 0 Å². The van der Waals surface area contributed by atoms with Crippen molar-refractivity contribution in [3.63, 3.8) is 0 Å². The molecular weight excluding hydrogens is 581 g/mol. The van der Waals surface area contributed by atoms with E-state index in [-0.39, 0.29) is 12.1 Å². The van der Waals surface area contributed by atoms with Crippen molar-refractivity contribution in [3.8, 4) is 22.3 Å². The minimum Gasteiger partial charge on any atom is -0.332 e. The molecule has 0 saturated carbocycles. The summed E-state index contributed by atoms with van der Waals surface area (Å²) in [6.45, 7) is 0. The van der Waals surface area contributed by atoms with Crippen LogP contribution in [0.1, 0.15) is 58.3 Å². The molecule has 2 aliphatic carbocycles. The maximum atomic E-state index is 2.67. The van der Waals surface area contributed by atoms with E-state index < -0.39 is 0 Å². The number of allylic oxidation sites excluding steroid dienone is 6. The lowest BCUT2D eigenvalue weighted by molar-refractivity contribution is 0.751. The molecule has 4 aliphatic heterocycles. The molecule has 6 aromatic carbocycles. The van der Waals surface area contributed by atoms with Crippen LogP contribution in [0.3, 0.4) is 0 Å². The molecule has 224 valence electrons. The normalized spacial score (nSPS) is 19.9. The Morgan fingerprint density at radius 1 is 0.396 bits per heavy atom. The maximum Gasteiger partial charge on any atom is 0.0854 e. The molecule has 0 saturated heterocycles. The lowest BCUT2D eigenvalue weighted by Crippen LogP contribution is -2.36. The van der Waals surface area contributed by atoms with Crippen LogP contribution in [0.25, 0.3) is 44.2 Å². The Morgan fingerprint density at radius 3 is 1.21 bits per heavy atom. The van der Waals surface area contributed by atoms with Gasteiger partial charge in [0.1, 0.15) is 0 Å². The Morgan fingerprint density at radius 2 is 0.771 bits per heavy atom. The highest BCUT2D eigenvalue weighted by Crippen LogP contribution is 2.60. The predicted octanol–water partition coefficient (Wildman–Crippen LogP) is 11.4. The number of hydrogen-bond acceptors (Lipinski definition) is 2. The summed E-state index contributed by atoms with van der Waals surface area (Å²) in [7, 11) is 0. The van der Waals surface area contributed by atoms with Crippen LogP contribution in [0.5, 0.6) is 0 Å². The monoisotopic (exact) mass is 610 g/mol. The third kappa shape index (κ3) is 2.96. The van der Waals surface area contributed by atoms with Crippen molar-refractivity contribution in [1.82, 2.24) is 0 Å². The summed E-state index contributed by atoms with van der Waals surface area (Å²) in [4.78, 5) is 5.34. The summed E-state index contributed by atoms with van der Waals surface area (Å²) < 4.78 is 0. The van der Waals surface area contributed by atoms with Crippen LogP contribution >= 0.6 is 0 Å². The van der Waals surface area contributed by atoms with Crippen LogP contribution in [0.15, 0.2) is 157 Å². The molecule has 6 aliphatic rings. The van der Waals surface area contributed by atoms with E-state index in [0.29, 0.717) is 0 Å². The highest BCUT2D eigenvalue weighted by molar-refractivity contribution is 6.15. The van der Waals surface area contributed by atoms with Gasteiger partial charge in [0.25, 0.3) is 0 Å². The molecule has 0 fully saturated rings. The summed E-state index contributed by atoms with van der Waals surface area (Å²) in [5, 5.41) is 2.65. The molecule has 0 N–H and O–H groups in total. The third-order valence-electron chi connectivity index (χ3n) is 11.7. The van der Waals surface area contributed by atoms with Crippen molar-refractivity contribution in [1.29, 1.82) is 0 Å². The van der Waals surface area contributed by atoms with Crippen LogP contribution in [0.2, 0.25) is 0 Å². The SMILES string of the molecule is C1=CC2=C(C1)N1c3ccc4c5c(ccc4c3-c3ccccc3C1c1ccccc12)N1C2=C(C=CC2)c2ccccc2C1c1ccccc1-5. The first kappa shape index (κ1) is 25.3. The number of hydrogen-bond donors (Lipinski definition) is 0. The zero-order valence-electron chi connectivity index (χ0n) is 26.3. The standard InChI is InChI=1S/C46H30N2/c1-5-15-35-27(11-1)29-19-9-21-39(29)47-41-25-23-34-33(43(41)31-13-3-7-17-37(31)45(35)47)24-26-42-44(34)32-14-4-8-18-38(32)46-36-16-6-2-12-28(36)30-20-10-22-40(30)48(42)46/h1-20,23-26,45-46H,21-22H2. The average molecular weight is 611 g/mol. The van der Waals surface area contributed by atoms with E-state index in [1.54, 1.807) is 0 Å². The molecule has 2 nitrogen and oxygen atoms in total. The zero-order valence-corrected chi connectivity index (χ0v) is 26.3. The fraction of sp³-hybridized carbons (Fsp3) is 0.0870. The van der Waals surface area contributed by atoms with Gasteiger partial charge in [-0.3, -0.25) is 0 Å². The van der Waals surface area contributed by atoms with Crippen molar-refractivity contribution in [2.75, 3.05) is 9.80 Å². The Balaban J connectivity index is 1.16. The number of nitrogens with zero attached hydrogens (tertiary/aromatic N) is 2. The van der Waals surface area contributed by atoms with E-state index >= 15 is 0 Å². The maximum absolute atomic E-state index is 2.67. The van der Waals surface area contributed by atoms with E-state index in [9.17, 15) is 0 Å². The number of benzene rings is 6. The number of fused-ring (bicyclic) bond motifs is 23. The summed E-state index contributed by atoms with van der Waals surface area (Å²) in [6.07, 6.45) is 11.3. The van der Waals surface area contributed by atoms with Crippen LogP contribution in [0.4, 0.5) is 11.4 Å². The molecule has 2 atom stereocenters. The molecule has 6 aromatic rings. The lowest BCUT2D eigenvalue weighted by Gasteiger charge is -2.46. The molecule has 0 amide bonds. The van der Waals surface area contributed by atoms with Crippen LogP contribution in [-0.2, 0) is 0 Å². The molecule has 2 unspecified atom stereocenters. The van der Waals surface area contributed by atoms with Gasteiger partial charge in [0.15, 0.2) is 0 Å².